The lowest BCUT2D eigenvalue weighted by Gasteiger charge is -2.08. The summed E-state index contributed by atoms with van der Waals surface area (Å²) in [7, 11) is 1.58. The largest absolute Gasteiger partial charge is 0.481 e. The number of para-hydroxylation sites is 2. The van der Waals surface area contributed by atoms with Crippen LogP contribution < -0.4 is 4.74 Å². The van der Waals surface area contributed by atoms with Gasteiger partial charge in [-0.05, 0) is 18.2 Å². The van der Waals surface area contributed by atoms with Crippen LogP contribution in [0.15, 0.2) is 42.6 Å². The molecule has 0 radical (unpaired) electrons. The molecule has 0 bridgehead atoms. The summed E-state index contributed by atoms with van der Waals surface area (Å²) >= 11 is 0. The molecule has 0 aliphatic carbocycles. The molecule has 5 heteroatoms. The molecule has 5 nitrogen and oxygen atoms in total. The Morgan fingerprint density at radius 2 is 2.15 bits per heavy atom. The van der Waals surface area contributed by atoms with E-state index in [9.17, 15) is 0 Å². The Labute approximate surface area is 116 Å². The van der Waals surface area contributed by atoms with Crippen molar-refractivity contribution in [3.05, 3.63) is 48.4 Å². The number of aromatic nitrogens is 3. The van der Waals surface area contributed by atoms with E-state index in [0.29, 0.717) is 11.7 Å². The van der Waals surface area contributed by atoms with Crippen LogP contribution in [0.4, 0.5) is 0 Å². The Morgan fingerprint density at radius 3 is 2.95 bits per heavy atom. The van der Waals surface area contributed by atoms with Gasteiger partial charge in [-0.1, -0.05) is 12.1 Å². The Balaban J connectivity index is 2.27. The molecular weight excluding hydrogens is 252 g/mol. The van der Waals surface area contributed by atoms with Crippen molar-refractivity contribution in [2.75, 3.05) is 7.11 Å². The summed E-state index contributed by atoms with van der Waals surface area (Å²) in [5.41, 5.74) is 2.72. The highest BCUT2D eigenvalue weighted by molar-refractivity contribution is 5.78. The van der Waals surface area contributed by atoms with Gasteiger partial charge in [0.05, 0.1) is 36.3 Å². The van der Waals surface area contributed by atoms with Crippen molar-refractivity contribution in [3.8, 4) is 17.6 Å². The third kappa shape index (κ3) is 1.97. The molecule has 98 valence electrons. The molecule has 0 N–H and O–H groups in total. The first kappa shape index (κ1) is 12.2. The van der Waals surface area contributed by atoms with Gasteiger partial charge in [0.2, 0.25) is 5.88 Å². The molecule has 3 aromatic rings. The van der Waals surface area contributed by atoms with Gasteiger partial charge in [-0.3, -0.25) is 4.57 Å². The number of hydrogen-bond donors (Lipinski definition) is 0. The molecule has 20 heavy (non-hydrogen) atoms. The zero-order valence-electron chi connectivity index (χ0n) is 10.9. The van der Waals surface area contributed by atoms with E-state index in [1.54, 1.807) is 13.3 Å². The minimum absolute atomic E-state index is 0.249. The van der Waals surface area contributed by atoms with E-state index in [0.717, 1.165) is 16.7 Å². The number of ether oxygens (including phenoxy) is 1. The van der Waals surface area contributed by atoms with Gasteiger partial charge in [-0.25, -0.2) is 9.97 Å². The van der Waals surface area contributed by atoms with Gasteiger partial charge in [0.15, 0.2) is 0 Å². The first-order valence-electron chi connectivity index (χ1n) is 6.17. The smallest absolute Gasteiger partial charge is 0.215 e. The number of methoxy groups -OCH3 is 1. The third-order valence-electron chi connectivity index (χ3n) is 3.05. The Hall–Kier alpha value is -2.87. The van der Waals surface area contributed by atoms with Crippen LogP contribution in [0, 0.1) is 11.3 Å². The molecule has 0 unspecified atom stereocenters. The summed E-state index contributed by atoms with van der Waals surface area (Å²) in [4.78, 5) is 8.62. The number of nitriles is 1. The number of nitrogens with zero attached hydrogens (tertiary/aromatic N) is 4. The first-order valence-corrected chi connectivity index (χ1v) is 6.17. The highest BCUT2D eigenvalue weighted by Crippen LogP contribution is 2.23. The fraction of sp³-hybridized carbons (Fsp3) is 0.133. The maximum Gasteiger partial charge on any atom is 0.215 e. The minimum Gasteiger partial charge on any atom is -0.481 e. The van der Waals surface area contributed by atoms with Gasteiger partial charge in [-0.2, -0.15) is 5.26 Å². The second kappa shape index (κ2) is 5.02. The van der Waals surface area contributed by atoms with Crippen molar-refractivity contribution in [3.63, 3.8) is 0 Å². The van der Waals surface area contributed by atoms with Crippen LogP contribution in [-0.2, 0) is 6.42 Å². The first-order chi connectivity index (χ1) is 9.83. The summed E-state index contributed by atoms with van der Waals surface area (Å²) in [5.74, 6) is 1.24. The fourth-order valence-corrected chi connectivity index (χ4v) is 2.20. The second-order valence-electron chi connectivity index (χ2n) is 4.24. The van der Waals surface area contributed by atoms with E-state index in [4.69, 9.17) is 10.00 Å². The summed E-state index contributed by atoms with van der Waals surface area (Å²) in [6.45, 7) is 0. The molecule has 3 rings (SSSR count). The monoisotopic (exact) mass is 264 g/mol. The Bertz CT molecular complexity index is 801. The van der Waals surface area contributed by atoms with Crippen molar-refractivity contribution in [2.45, 2.75) is 6.42 Å². The topological polar surface area (TPSA) is 63.7 Å². The van der Waals surface area contributed by atoms with Crippen LogP contribution >= 0.6 is 0 Å². The number of rotatable bonds is 3. The van der Waals surface area contributed by atoms with Crippen molar-refractivity contribution >= 4 is 11.0 Å². The minimum atomic E-state index is 0.249. The van der Waals surface area contributed by atoms with Gasteiger partial charge in [0.1, 0.15) is 5.82 Å². The molecule has 0 spiro atoms. The lowest BCUT2D eigenvalue weighted by Crippen LogP contribution is -2.01. The molecule has 0 saturated carbocycles. The summed E-state index contributed by atoms with van der Waals surface area (Å²) in [6, 6.07) is 13.7. The fourth-order valence-electron chi connectivity index (χ4n) is 2.20. The van der Waals surface area contributed by atoms with Crippen LogP contribution in [0.3, 0.4) is 0 Å². The molecule has 2 heterocycles. The van der Waals surface area contributed by atoms with Crippen LogP contribution in [-0.4, -0.2) is 21.6 Å². The highest BCUT2D eigenvalue weighted by atomic mass is 16.5. The number of hydrogen-bond acceptors (Lipinski definition) is 4. The van der Waals surface area contributed by atoms with Crippen LogP contribution in [0.1, 0.15) is 5.82 Å². The zero-order valence-corrected chi connectivity index (χ0v) is 10.9. The highest BCUT2D eigenvalue weighted by Gasteiger charge is 2.12. The average molecular weight is 264 g/mol. The Morgan fingerprint density at radius 1 is 1.30 bits per heavy atom. The van der Waals surface area contributed by atoms with E-state index in [1.165, 1.54) is 0 Å². The van der Waals surface area contributed by atoms with Crippen LogP contribution in [0.2, 0.25) is 0 Å². The predicted octanol–water partition coefficient (Wildman–Crippen LogP) is 2.50. The molecule has 2 aromatic heterocycles. The number of fused-ring (bicyclic) bond motifs is 1. The van der Waals surface area contributed by atoms with E-state index in [-0.39, 0.29) is 6.42 Å². The number of pyridine rings is 1. The normalized spacial score (nSPS) is 10.4. The van der Waals surface area contributed by atoms with Crippen molar-refractivity contribution < 1.29 is 4.74 Å². The van der Waals surface area contributed by atoms with Crippen LogP contribution in [0.25, 0.3) is 16.7 Å². The van der Waals surface area contributed by atoms with Gasteiger partial charge in [0, 0.05) is 12.3 Å². The standard InChI is InChI=1S/C15H12N4O/c1-20-15-10-11(7-9-17-15)19-13-5-3-2-4-12(13)18-14(19)6-8-16/h2-5,7,9-10H,6H2,1H3. The average Bonchev–Trinajstić information content (AvgIpc) is 2.85. The predicted molar refractivity (Wildman–Crippen MR) is 74.7 cm³/mol. The molecule has 0 atom stereocenters. The van der Waals surface area contributed by atoms with E-state index >= 15 is 0 Å². The lowest BCUT2D eigenvalue weighted by molar-refractivity contribution is 0.397. The van der Waals surface area contributed by atoms with Crippen LogP contribution in [0.5, 0.6) is 5.88 Å². The van der Waals surface area contributed by atoms with E-state index in [2.05, 4.69) is 16.0 Å². The molecule has 0 fully saturated rings. The molecule has 0 saturated heterocycles. The Kier molecular flexibility index (Phi) is 3.05. The molecule has 0 aliphatic rings. The van der Waals surface area contributed by atoms with E-state index in [1.807, 2.05) is 41.0 Å². The summed E-state index contributed by atoms with van der Waals surface area (Å²) in [5, 5.41) is 8.98. The third-order valence-corrected chi connectivity index (χ3v) is 3.05. The maximum absolute atomic E-state index is 8.98. The SMILES string of the molecule is COc1cc(-n2c(CC#N)nc3ccccc32)ccn1. The summed E-state index contributed by atoms with van der Waals surface area (Å²) in [6.07, 6.45) is 1.93. The zero-order chi connectivity index (χ0) is 13.9. The lowest BCUT2D eigenvalue weighted by atomic mass is 10.3. The molecular formula is C15H12N4O. The molecule has 0 aliphatic heterocycles. The number of imidazole rings is 1. The van der Waals surface area contributed by atoms with Gasteiger partial charge >= 0.3 is 0 Å². The molecule has 1 aromatic carbocycles. The number of benzene rings is 1. The van der Waals surface area contributed by atoms with Crippen molar-refractivity contribution in [1.29, 1.82) is 5.26 Å². The van der Waals surface area contributed by atoms with Gasteiger partial charge < -0.3 is 4.74 Å². The maximum atomic E-state index is 8.98. The van der Waals surface area contributed by atoms with Crippen molar-refractivity contribution in [2.24, 2.45) is 0 Å². The van der Waals surface area contributed by atoms with Gasteiger partial charge in [-0.15, -0.1) is 0 Å². The van der Waals surface area contributed by atoms with Gasteiger partial charge in [0.25, 0.3) is 0 Å². The molecule has 0 amide bonds. The quantitative estimate of drug-likeness (QED) is 0.729. The van der Waals surface area contributed by atoms with Crippen molar-refractivity contribution in [1.82, 2.24) is 14.5 Å². The van der Waals surface area contributed by atoms with E-state index < -0.39 is 0 Å². The summed E-state index contributed by atoms with van der Waals surface area (Å²) < 4.78 is 7.12. The second-order valence-corrected chi connectivity index (χ2v) is 4.24.